The minimum atomic E-state index is -3.71. The fraction of sp³-hybridized carbons (Fsp3) is 0.133. The average Bonchev–Trinajstić information content (AvgIpc) is 2.54. The van der Waals surface area contributed by atoms with Crippen LogP contribution in [0.3, 0.4) is 0 Å². The normalized spacial score (nSPS) is 11.2. The quantitative estimate of drug-likeness (QED) is 0.855. The van der Waals surface area contributed by atoms with E-state index in [2.05, 4.69) is 9.46 Å². The number of carbonyl (C=O) groups is 1. The first kappa shape index (κ1) is 16.1. The highest BCUT2D eigenvalue weighted by Gasteiger charge is 2.14. The van der Waals surface area contributed by atoms with E-state index in [4.69, 9.17) is 0 Å². The molecule has 0 heterocycles. The molecule has 2 aromatic carbocycles. The molecular formula is C15H14FNO4S. The Bertz CT molecular complexity index is 755. The lowest BCUT2D eigenvalue weighted by molar-refractivity contribution is 0.0600. The van der Waals surface area contributed by atoms with E-state index in [1.54, 1.807) is 0 Å². The van der Waals surface area contributed by atoms with Crippen LogP contribution < -0.4 is 4.72 Å². The Kier molecular flexibility index (Phi) is 4.89. The van der Waals surface area contributed by atoms with Crippen molar-refractivity contribution in [3.63, 3.8) is 0 Å². The first-order valence-electron chi connectivity index (χ1n) is 6.35. The SMILES string of the molecule is COC(=O)c1ccc(S(=O)(=O)NCc2ccc(F)cc2)cc1. The summed E-state index contributed by atoms with van der Waals surface area (Å²) in [6, 6.07) is 10.9. The van der Waals surface area contributed by atoms with Gasteiger partial charge in [-0.25, -0.2) is 22.3 Å². The van der Waals surface area contributed by atoms with Crippen LogP contribution in [0.15, 0.2) is 53.4 Å². The van der Waals surface area contributed by atoms with E-state index < -0.39 is 16.0 Å². The summed E-state index contributed by atoms with van der Waals surface area (Å²) in [7, 11) is -2.47. The number of nitrogens with one attached hydrogen (secondary N) is 1. The number of sulfonamides is 1. The highest BCUT2D eigenvalue weighted by Crippen LogP contribution is 2.12. The summed E-state index contributed by atoms with van der Waals surface area (Å²) in [5.41, 5.74) is 0.899. The molecule has 0 aliphatic rings. The van der Waals surface area contributed by atoms with E-state index in [0.29, 0.717) is 5.56 Å². The Morgan fingerprint density at radius 3 is 2.23 bits per heavy atom. The van der Waals surface area contributed by atoms with Crippen LogP contribution in [0.2, 0.25) is 0 Å². The molecule has 1 N–H and O–H groups in total. The molecule has 5 nitrogen and oxygen atoms in total. The fourth-order valence-corrected chi connectivity index (χ4v) is 2.77. The van der Waals surface area contributed by atoms with Gasteiger partial charge in [0.05, 0.1) is 17.6 Å². The number of carbonyl (C=O) groups excluding carboxylic acids is 1. The van der Waals surface area contributed by atoms with Gasteiger partial charge in [-0.1, -0.05) is 12.1 Å². The van der Waals surface area contributed by atoms with Crippen molar-refractivity contribution in [1.29, 1.82) is 0 Å². The van der Waals surface area contributed by atoms with Crippen LogP contribution in [-0.4, -0.2) is 21.5 Å². The molecule has 0 spiro atoms. The fourth-order valence-electron chi connectivity index (χ4n) is 1.75. The van der Waals surface area contributed by atoms with Crippen molar-refractivity contribution in [3.8, 4) is 0 Å². The van der Waals surface area contributed by atoms with Gasteiger partial charge in [-0.15, -0.1) is 0 Å². The monoisotopic (exact) mass is 323 g/mol. The Morgan fingerprint density at radius 1 is 1.09 bits per heavy atom. The predicted octanol–water partition coefficient (Wildman–Crippen LogP) is 2.09. The minimum absolute atomic E-state index is 0.0299. The maximum atomic E-state index is 12.8. The minimum Gasteiger partial charge on any atom is -0.465 e. The second-order valence-corrected chi connectivity index (χ2v) is 6.23. The molecule has 0 bridgehead atoms. The Hall–Kier alpha value is -2.25. The van der Waals surface area contributed by atoms with Gasteiger partial charge in [0.2, 0.25) is 10.0 Å². The number of halogens is 1. The van der Waals surface area contributed by atoms with Crippen LogP contribution in [0, 0.1) is 5.82 Å². The van der Waals surface area contributed by atoms with Crippen LogP contribution in [0.25, 0.3) is 0 Å². The zero-order valence-corrected chi connectivity index (χ0v) is 12.6. The maximum Gasteiger partial charge on any atom is 0.337 e. The van der Waals surface area contributed by atoms with Crippen LogP contribution in [0.1, 0.15) is 15.9 Å². The summed E-state index contributed by atoms with van der Waals surface area (Å²) in [5.74, 6) is -0.923. The lowest BCUT2D eigenvalue weighted by Crippen LogP contribution is -2.23. The molecule has 0 aliphatic carbocycles. The van der Waals surface area contributed by atoms with E-state index in [-0.39, 0.29) is 22.8 Å². The van der Waals surface area contributed by atoms with E-state index in [1.165, 1.54) is 55.6 Å². The number of rotatable bonds is 5. The molecule has 0 radical (unpaired) electrons. The molecule has 22 heavy (non-hydrogen) atoms. The van der Waals surface area contributed by atoms with Crippen molar-refractivity contribution in [3.05, 3.63) is 65.5 Å². The Labute approximate surface area is 127 Å². The lowest BCUT2D eigenvalue weighted by atomic mass is 10.2. The highest BCUT2D eigenvalue weighted by molar-refractivity contribution is 7.89. The summed E-state index contributed by atoms with van der Waals surface area (Å²) >= 11 is 0. The standard InChI is InChI=1S/C15H14FNO4S/c1-21-15(18)12-4-8-14(9-5-12)22(19,20)17-10-11-2-6-13(16)7-3-11/h2-9,17H,10H2,1H3. The third kappa shape index (κ3) is 3.90. The highest BCUT2D eigenvalue weighted by atomic mass is 32.2. The average molecular weight is 323 g/mol. The van der Waals surface area contributed by atoms with Gasteiger partial charge in [0.1, 0.15) is 5.82 Å². The van der Waals surface area contributed by atoms with Gasteiger partial charge in [0.25, 0.3) is 0 Å². The predicted molar refractivity (Wildman–Crippen MR) is 78.2 cm³/mol. The molecule has 0 aliphatic heterocycles. The van der Waals surface area contributed by atoms with Crippen LogP contribution in [-0.2, 0) is 21.3 Å². The molecule has 0 unspecified atom stereocenters. The Morgan fingerprint density at radius 2 is 1.68 bits per heavy atom. The molecule has 7 heteroatoms. The van der Waals surface area contributed by atoms with Gasteiger partial charge in [0.15, 0.2) is 0 Å². The van der Waals surface area contributed by atoms with Crippen molar-refractivity contribution < 1.29 is 22.3 Å². The summed E-state index contributed by atoms with van der Waals surface area (Å²) in [5, 5.41) is 0. The largest absolute Gasteiger partial charge is 0.465 e. The van der Waals surface area contributed by atoms with E-state index in [0.717, 1.165) is 0 Å². The molecular weight excluding hydrogens is 309 g/mol. The first-order valence-corrected chi connectivity index (χ1v) is 7.83. The van der Waals surface area contributed by atoms with Crippen molar-refractivity contribution in [2.45, 2.75) is 11.4 Å². The molecule has 0 amide bonds. The first-order chi connectivity index (χ1) is 10.4. The van der Waals surface area contributed by atoms with Crippen molar-refractivity contribution in [1.82, 2.24) is 4.72 Å². The number of hydrogen-bond donors (Lipinski definition) is 1. The summed E-state index contributed by atoms with van der Waals surface area (Å²) < 4.78 is 44.0. The van der Waals surface area contributed by atoms with Gasteiger partial charge >= 0.3 is 5.97 Å². The van der Waals surface area contributed by atoms with E-state index in [9.17, 15) is 17.6 Å². The van der Waals surface area contributed by atoms with Crippen LogP contribution >= 0.6 is 0 Å². The van der Waals surface area contributed by atoms with Crippen LogP contribution in [0.4, 0.5) is 4.39 Å². The van der Waals surface area contributed by atoms with Gasteiger partial charge < -0.3 is 4.74 Å². The molecule has 2 aromatic rings. The topological polar surface area (TPSA) is 72.5 Å². The van der Waals surface area contributed by atoms with Crippen LogP contribution in [0.5, 0.6) is 0 Å². The summed E-state index contributed by atoms with van der Waals surface area (Å²) in [4.78, 5) is 11.3. The Balaban J connectivity index is 2.09. The zero-order valence-electron chi connectivity index (χ0n) is 11.7. The summed E-state index contributed by atoms with van der Waals surface area (Å²) in [6.07, 6.45) is 0. The third-order valence-corrected chi connectivity index (χ3v) is 4.38. The van der Waals surface area contributed by atoms with Crippen molar-refractivity contribution >= 4 is 16.0 Å². The van der Waals surface area contributed by atoms with Gasteiger partial charge in [-0.3, -0.25) is 0 Å². The molecule has 116 valence electrons. The second kappa shape index (κ2) is 6.67. The van der Waals surface area contributed by atoms with Gasteiger partial charge in [-0.2, -0.15) is 0 Å². The second-order valence-electron chi connectivity index (χ2n) is 4.47. The smallest absolute Gasteiger partial charge is 0.337 e. The molecule has 0 saturated heterocycles. The number of methoxy groups -OCH3 is 1. The number of benzene rings is 2. The molecule has 0 atom stereocenters. The third-order valence-electron chi connectivity index (χ3n) is 2.97. The lowest BCUT2D eigenvalue weighted by Gasteiger charge is -2.07. The van der Waals surface area contributed by atoms with E-state index in [1.807, 2.05) is 0 Å². The maximum absolute atomic E-state index is 12.8. The number of esters is 1. The van der Waals surface area contributed by atoms with Crippen molar-refractivity contribution in [2.75, 3.05) is 7.11 Å². The molecule has 0 aromatic heterocycles. The number of ether oxygens (including phenoxy) is 1. The molecule has 2 rings (SSSR count). The van der Waals surface area contributed by atoms with Crippen molar-refractivity contribution in [2.24, 2.45) is 0 Å². The molecule has 0 fully saturated rings. The zero-order chi connectivity index (χ0) is 16.2. The number of hydrogen-bond acceptors (Lipinski definition) is 4. The van der Waals surface area contributed by atoms with Gasteiger partial charge in [-0.05, 0) is 42.0 Å². The van der Waals surface area contributed by atoms with Gasteiger partial charge in [0, 0.05) is 6.54 Å². The molecule has 0 saturated carbocycles. The van der Waals surface area contributed by atoms with E-state index >= 15 is 0 Å². The summed E-state index contributed by atoms with van der Waals surface area (Å²) in [6.45, 7) is 0.0430.